The molecule has 0 saturated carbocycles. The topological polar surface area (TPSA) is 35.8 Å². The van der Waals surface area contributed by atoms with Gasteiger partial charge in [0.2, 0.25) is 0 Å². The highest BCUT2D eigenvalue weighted by molar-refractivity contribution is 5.67. The first-order valence-corrected chi connectivity index (χ1v) is 5.80. The van der Waals surface area contributed by atoms with Crippen molar-refractivity contribution in [3.05, 3.63) is 41.5 Å². The third-order valence-electron chi connectivity index (χ3n) is 2.45. The maximum atomic E-state index is 8.66. The van der Waals surface area contributed by atoms with E-state index in [2.05, 4.69) is 17.5 Å². The van der Waals surface area contributed by atoms with Crippen LogP contribution in [0.1, 0.15) is 31.4 Å². The zero-order chi connectivity index (χ0) is 11.8. The Hall–Kier alpha value is -1.59. The molecule has 0 saturated heterocycles. The van der Waals surface area contributed by atoms with Crippen LogP contribution in [0.5, 0.6) is 0 Å². The summed E-state index contributed by atoms with van der Waals surface area (Å²) in [4.78, 5) is 0. The highest BCUT2D eigenvalue weighted by Crippen LogP contribution is 2.19. The molecule has 0 radical (unpaired) electrons. The molecule has 2 nitrogen and oxygen atoms in total. The van der Waals surface area contributed by atoms with Gasteiger partial charge in [-0.1, -0.05) is 32.1 Å². The Labute approximate surface area is 97.6 Å². The van der Waals surface area contributed by atoms with Crippen LogP contribution in [0.4, 0.5) is 0 Å². The first-order valence-electron chi connectivity index (χ1n) is 5.80. The zero-order valence-electron chi connectivity index (χ0n) is 9.96. The van der Waals surface area contributed by atoms with Crippen molar-refractivity contribution in [3.63, 3.8) is 0 Å². The molecule has 16 heavy (non-hydrogen) atoms. The number of hydrogen-bond acceptors (Lipinski definition) is 2. The first kappa shape index (κ1) is 12.5. The molecule has 0 bridgehead atoms. The Kier molecular flexibility index (Phi) is 5.31. The summed E-state index contributed by atoms with van der Waals surface area (Å²) in [6, 6.07) is 9.92. The average molecular weight is 214 g/mol. The van der Waals surface area contributed by atoms with Crippen LogP contribution < -0.4 is 5.32 Å². The molecule has 1 aromatic carbocycles. The molecule has 0 unspecified atom stereocenters. The SMILES string of the molecule is CC.N#Cc1ccc(C2=CCNCC2)cc1. The monoisotopic (exact) mass is 214 g/mol. The van der Waals surface area contributed by atoms with Crippen molar-refractivity contribution in [1.29, 1.82) is 5.26 Å². The molecule has 1 heterocycles. The van der Waals surface area contributed by atoms with Gasteiger partial charge in [-0.2, -0.15) is 5.26 Å². The molecule has 0 spiro atoms. The van der Waals surface area contributed by atoms with Crippen molar-refractivity contribution in [2.45, 2.75) is 20.3 Å². The second kappa shape index (κ2) is 6.81. The summed E-state index contributed by atoms with van der Waals surface area (Å²) < 4.78 is 0. The largest absolute Gasteiger partial charge is 0.313 e. The van der Waals surface area contributed by atoms with Crippen molar-refractivity contribution >= 4 is 5.57 Å². The van der Waals surface area contributed by atoms with Crippen LogP contribution in [0.3, 0.4) is 0 Å². The summed E-state index contributed by atoms with van der Waals surface area (Å²) in [5.74, 6) is 0. The van der Waals surface area contributed by atoms with E-state index in [0.717, 1.165) is 25.1 Å². The summed E-state index contributed by atoms with van der Waals surface area (Å²) >= 11 is 0. The second-order valence-corrected chi connectivity index (χ2v) is 3.37. The third kappa shape index (κ3) is 3.22. The lowest BCUT2D eigenvalue weighted by atomic mass is 9.99. The van der Waals surface area contributed by atoms with E-state index < -0.39 is 0 Å². The quantitative estimate of drug-likeness (QED) is 0.780. The number of rotatable bonds is 1. The first-order chi connectivity index (χ1) is 7.90. The minimum Gasteiger partial charge on any atom is -0.313 e. The van der Waals surface area contributed by atoms with Crippen LogP contribution in [0.2, 0.25) is 0 Å². The van der Waals surface area contributed by atoms with Crippen molar-refractivity contribution < 1.29 is 0 Å². The lowest BCUT2D eigenvalue weighted by Gasteiger charge is -2.13. The van der Waals surface area contributed by atoms with E-state index in [9.17, 15) is 0 Å². The van der Waals surface area contributed by atoms with Gasteiger partial charge in [-0.3, -0.25) is 0 Å². The molecule has 2 rings (SSSR count). The normalized spacial score (nSPS) is 14.2. The number of hydrogen-bond donors (Lipinski definition) is 1. The van der Waals surface area contributed by atoms with Crippen LogP contribution in [0, 0.1) is 11.3 Å². The molecule has 1 aliphatic heterocycles. The van der Waals surface area contributed by atoms with Crippen molar-refractivity contribution in [2.75, 3.05) is 13.1 Å². The molecule has 1 N–H and O–H groups in total. The van der Waals surface area contributed by atoms with E-state index >= 15 is 0 Å². The fourth-order valence-electron chi connectivity index (χ4n) is 1.64. The Morgan fingerprint density at radius 3 is 2.38 bits per heavy atom. The molecule has 0 atom stereocenters. The molecular formula is C14H18N2. The number of benzene rings is 1. The van der Waals surface area contributed by atoms with Crippen LogP contribution in [-0.4, -0.2) is 13.1 Å². The summed E-state index contributed by atoms with van der Waals surface area (Å²) in [5, 5.41) is 11.9. The molecule has 2 heteroatoms. The van der Waals surface area contributed by atoms with Gasteiger partial charge in [0.05, 0.1) is 11.6 Å². The van der Waals surface area contributed by atoms with Crippen LogP contribution in [0.25, 0.3) is 5.57 Å². The van der Waals surface area contributed by atoms with Crippen LogP contribution >= 0.6 is 0 Å². The van der Waals surface area contributed by atoms with Crippen LogP contribution in [-0.2, 0) is 0 Å². The summed E-state index contributed by atoms with van der Waals surface area (Å²) in [6.07, 6.45) is 3.29. The van der Waals surface area contributed by atoms with Gasteiger partial charge in [-0.05, 0) is 36.2 Å². The zero-order valence-corrected chi connectivity index (χ0v) is 9.96. The molecule has 0 amide bonds. The molecule has 1 aliphatic rings. The van der Waals surface area contributed by atoms with E-state index in [4.69, 9.17) is 5.26 Å². The van der Waals surface area contributed by atoms with Gasteiger partial charge in [0.15, 0.2) is 0 Å². The van der Waals surface area contributed by atoms with E-state index in [-0.39, 0.29) is 0 Å². The summed E-state index contributed by atoms with van der Waals surface area (Å²) in [6.45, 7) is 6.00. The third-order valence-corrected chi connectivity index (χ3v) is 2.45. The predicted molar refractivity (Wildman–Crippen MR) is 68.0 cm³/mol. The molecule has 84 valence electrons. The smallest absolute Gasteiger partial charge is 0.0991 e. The Morgan fingerprint density at radius 2 is 1.88 bits per heavy atom. The van der Waals surface area contributed by atoms with Gasteiger partial charge < -0.3 is 5.32 Å². The van der Waals surface area contributed by atoms with E-state index in [0.29, 0.717) is 0 Å². The van der Waals surface area contributed by atoms with E-state index in [1.54, 1.807) is 0 Å². The number of nitrogens with one attached hydrogen (secondary N) is 1. The van der Waals surface area contributed by atoms with Gasteiger partial charge in [-0.15, -0.1) is 0 Å². The Balaban J connectivity index is 0.000000606. The molecule has 1 aromatic rings. The van der Waals surface area contributed by atoms with Gasteiger partial charge in [0.25, 0.3) is 0 Å². The molecular weight excluding hydrogens is 196 g/mol. The minimum absolute atomic E-state index is 0.725. The average Bonchev–Trinajstić information content (AvgIpc) is 2.42. The lowest BCUT2D eigenvalue weighted by Crippen LogP contribution is -2.19. The second-order valence-electron chi connectivity index (χ2n) is 3.37. The Morgan fingerprint density at radius 1 is 1.19 bits per heavy atom. The maximum Gasteiger partial charge on any atom is 0.0991 e. The van der Waals surface area contributed by atoms with E-state index in [1.165, 1.54) is 11.1 Å². The molecule has 0 fully saturated rings. The summed E-state index contributed by atoms with van der Waals surface area (Å²) in [7, 11) is 0. The predicted octanol–water partition coefficient (Wildman–Crippen LogP) is 2.96. The van der Waals surface area contributed by atoms with Gasteiger partial charge in [-0.25, -0.2) is 0 Å². The maximum absolute atomic E-state index is 8.66. The number of nitriles is 1. The summed E-state index contributed by atoms with van der Waals surface area (Å²) in [5.41, 5.74) is 3.35. The minimum atomic E-state index is 0.725. The molecule has 0 aliphatic carbocycles. The Bertz CT molecular complexity index is 382. The highest BCUT2D eigenvalue weighted by Gasteiger charge is 2.04. The number of nitrogens with zero attached hydrogens (tertiary/aromatic N) is 1. The van der Waals surface area contributed by atoms with Crippen LogP contribution in [0.15, 0.2) is 30.3 Å². The fourth-order valence-corrected chi connectivity index (χ4v) is 1.64. The fraction of sp³-hybridized carbons (Fsp3) is 0.357. The lowest BCUT2D eigenvalue weighted by molar-refractivity contribution is 0.738. The van der Waals surface area contributed by atoms with Gasteiger partial charge in [0.1, 0.15) is 0 Å². The molecule has 0 aromatic heterocycles. The standard InChI is InChI=1S/C12H12N2.C2H6/c13-9-10-1-3-11(4-2-10)12-5-7-14-8-6-12;1-2/h1-5,14H,6-8H2;1-2H3. The highest BCUT2D eigenvalue weighted by atomic mass is 14.8. The van der Waals surface area contributed by atoms with Crippen molar-refractivity contribution in [1.82, 2.24) is 5.32 Å². The van der Waals surface area contributed by atoms with E-state index in [1.807, 2.05) is 38.1 Å². The van der Waals surface area contributed by atoms with Crippen molar-refractivity contribution in [2.24, 2.45) is 0 Å². The van der Waals surface area contributed by atoms with Crippen molar-refractivity contribution in [3.8, 4) is 6.07 Å². The van der Waals surface area contributed by atoms with Gasteiger partial charge >= 0.3 is 0 Å². The van der Waals surface area contributed by atoms with Gasteiger partial charge in [0, 0.05) is 6.54 Å².